The van der Waals surface area contributed by atoms with E-state index in [4.69, 9.17) is 0 Å². The molecule has 0 aliphatic carbocycles. The van der Waals surface area contributed by atoms with Crippen LogP contribution in [0, 0.1) is 17.5 Å². The fourth-order valence-electron chi connectivity index (χ4n) is 3.44. The summed E-state index contributed by atoms with van der Waals surface area (Å²) in [6.45, 7) is 2.44. The first kappa shape index (κ1) is 21.8. The minimum atomic E-state index is -4.24. The second-order valence-corrected chi connectivity index (χ2v) is 10.0. The summed E-state index contributed by atoms with van der Waals surface area (Å²) in [6.07, 6.45) is 1.08. The van der Waals surface area contributed by atoms with Gasteiger partial charge in [0.05, 0.1) is 17.0 Å². The Bertz CT molecular complexity index is 1160. The summed E-state index contributed by atoms with van der Waals surface area (Å²) < 4.78 is 68.4. The van der Waals surface area contributed by atoms with Gasteiger partial charge in [-0.2, -0.15) is 0 Å². The number of aromatic nitrogens is 1. The Morgan fingerprint density at radius 3 is 2.45 bits per heavy atom. The third-order valence-electron chi connectivity index (χ3n) is 5.16. The highest BCUT2D eigenvalue weighted by molar-refractivity contribution is 7.90. The number of benzene rings is 2. The number of nitrogens with zero attached hydrogens (tertiary/aromatic N) is 2. The molecule has 0 atom stereocenters. The van der Waals surface area contributed by atoms with E-state index in [1.165, 1.54) is 28.3 Å². The Hall–Kier alpha value is -2.43. The number of hydrogen-bond donors (Lipinski definition) is 1. The molecule has 2 aromatic carbocycles. The largest absolute Gasteiger partial charge is 0.381 e. The van der Waals surface area contributed by atoms with Gasteiger partial charge in [-0.3, -0.25) is 4.90 Å². The zero-order valence-corrected chi connectivity index (χ0v) is 18.1. The average Bonchev–Trinajstić information content (AvgIpc) is 3.15. The highest BCUT2D eigenvalue weighted by Crippen LogP contribution is 2.27. The minimum Gasteiger partial charge on any atom is -0.381 e. The molecule has 0 saturated carbocycles. The highest BCUT2D eigenvalue weighted by atomic mass is 32.2. The van der Waals surface area contributed by atoms with Crippen LogP contribution in [0.15, 0.2) is 46.1 Å². The molecule has 0 bridgehead atoms. The molecule has 1 N–H and O–H groups in total. The molecule has 1 aliphatic rings. The Labute approximate surface area is 182 Å². The van der Waals surface area contributed by atoms with Gasteiger partial charge in [-0.25, -0.2) is 26.6 Å². The quantitative estimate of drug-likeness (QED) is 0.534. The molecule has 0 amide bonds. The molecule has 4 rings (SSSR count). The van der Waals surface area contributed by atoms with Crippen LogP contribution in [0.5, 0.6) is 0 Å². The van der Waals surface area contributed by atoms with Crippen LogP contribution >= 0.6 is 11.3 Å². The summed E-state index contributed by atoms with van der Waals surface area (Å²) in [6, 6.07) is 6.60. The Morgan fingerprint density at radius 1 is 1.10 bits per heavy atom. The lowest BCUT2D eigenvalue weighted by Gasteiger charge is -2.31. The summed E-state index contributed by atoms with van der Waals surface area (Å²) in [7, 11) is -4.24. The van der Waals surface area contributed by atoms with Crippen molar-refractivity contribution in [2.45, 2.75) is 30.2 Å². The molecule has 1 saturated heterocycles. The van der Waals surface area contributed by atoms with E-state index >= 15 is 0 Å². The van der Waals surface area contributed by atoms with Gasteiger partial charge in [-0.05, 0) is 43.3 Å². The number of likely N-dealkylation sites (tertiary alicyclic amines) is 1. The highest BCUT2D eigenvalue weighted by Gasteiger charge is 2.26. The summed E-state index contributed by atoms with van der Waals surface area (Å²) in [5.74, 6) is -3.28. The molecule has 164 valence electrons. The number of nitrogens with one attached hydrogen (secondary N) is 1. The van der Waals surface area contributed by atoms with Gasteiger partial charge in [0.1, 0.15) is 22.3 Å². The number of halogens is 3. The molecule has 0 unspecified atom stereocenters. The van der Waals surface area contributed by atoms with Crippen molar-refractivity contribution < 1.29 is 21.6 Å². The standard InChI is InChI=1S/C21H20F3N3O2S2/c22-18-4-1-3-14(17(18)10-27-5-2-6-27)9-25-15-7-19(23)21(20(24)8-15)31(28,29)12-16-11-30-13-26-16/h1,3-4,7-8,11,13,25H,2,5-6,9-10,12H2. The van der Waals surface area contributed by atoms with E-state index in [-0.39, 0.29) is 23.7 Å². The summed E-state index contributed by atoms with van der Waals surface area (Å²) in [5, 5.41) is 4.39. The first-order chi connectivity index (χ1) is 14.8. The molecule has 1 aromatic heterocycles. The Balaban J connectivity index is 1.52. The van der Waals surface area contributed by atoms with Crippen LogP contribution in [0.4, 0.5) is 18.9 Å². The summed E-state index contributed by atoms with van der Waals surface area (Å²) in [5.41, 5.74) is 2.97. The molecule has 0 radical (unpaired) electrons. The molecule has 31 heavy (non-hydrogen) atoms. The smallest absolute Gasteiger partial charge is 0.189 e. The lowest BCUT2D eigenvalue weighted by molar-refractivity contribution is 0.170. The predicted octanol–water partition coefficient (Wildman–Crippen LogP) is 4.35. The van der Waals surface area contributed by atoms with Crippen molar-refractivity contribution in [3.63, 3.8) is 0 Å². The molecular weight excluding hydrogens is 447 g/mol. The lowest BCUT2D eigenvalue weighted by Crippen LogP contribution is -2.36. The van der Waals surface area contributed by atoms with Crippen LogP contribution in [0.1, 0.15) is 23.2 Å². The van der Waals surface area contributed by atoms with Gasteiger partial charge in [-0.15, -0.1) is 11.3 Å². The number of thiazole rings is 1. The van der Waals surface area contributed by atoms with E-state index < -0.39 is 32.1 Å². The molecule has 3 aromatic rings. The number of anilines is 1. The second kappa shape index (κ2) is 8.97. The van der Waals surface area contributed by atoms with Gasteiger partial charge in [-0.1, -0.05) is 12.1 Å². The van der Waals surface area contributed by atoms with E-state index in [0.717, 1.165) is 31.6 Å². The van der Waals surface area contributed by atoms with Crippen molar-refractivity contribution in [2.75, 3.05) is 18.4 Å². The van der Waals surface area contributed by atoms with Crippen molar-refractivity contribution in [3.8, 4) is 0 Å². The molecule has 0 spiro atoms. The maximum Gasteiger partial charge on any atom is 0.189 e. The molecular formula is C21H20F3N3O2S2. The Morgan fingerprint density at radius 2 is 1.84 bits per heavy atom. The van der Waals surface area contributed by atoms with Gasteiger partial charge >= 0.3 is 0 Å². The van der Waals surface area contributed by atoms with E-state index in [2.05, 4.69) is 15.2 Å². The first-order valence-corrected chi connectivity index (χ1v) is 12.2. The van der Waals surface area contributed by atoms with Gasteiger partial charge in [0.2, 0.25) is 0 Å². The van der Waals surface area contributed by atoms with Gasteiger partial charge in [0.15, 0.2) is 9.84 Å². The first-order valence-electron chi connectivity index (χ1n) is 9.65. The van der Waals surface area contributed by atoms with E-state index in [1.807, 2.05) is 0 Å². The second-order valence-electron chi connectivity index (χ2n) is 7.37. The fourth-order valence-corrected chi connectivity index (χ4v) is 5.51. The van der Waals surface area contributed by atoms with Gasteiger partial charge < -0.3 is 5.32 Å². The van der Waals surface area contributed by atoms with Crippen LogP contribution < -0.4 is 5.32 Å². The van der Waals surface area contributed by atoms with Crippen LogP contribution in [-0.2, 0) is 28.7 Å². The van der Waals surface area contributed by atoms with Crippen molar-refractivity contribution in [3.05, 3.63) is 75.5 Å². The van der Waals surface area contributed by atoms with E-state index in [0.29, 0.717) is 17.7 Å². The number of rotatable bonds is 8. The zero-order valence-electron chi connectivity index (χ0n) is 16.4. The van der Waals surface area contributed by atoms with Gasteiger partial charge in [0.25, 0.3) is 0 Å². The minimum absolute atomic E-state index is 0.0711. The fraction of sp³-hybridized carbons (Fsp3) is 0.286. The normalized spacial score (nSPS) is 14.4. The zero-order chi connectivity index (χ0) is 22.0. The lowest BCUT2D eigenvalue weighted by atomic mass is 10.0. The molecule has 1 fully saturated rings. The average molecular weight is 468 g/mol. The maximum absolute atomic E-state index is 14.6. The number of sulfone groups is 1. The molecule has 2 heterocycles. The third-order valence-corrected chi connectivity index (χ3v) is 7.48. The van der Waals surface area contributed by atoms with Crippen molar-refractivity contribution in [1.82, 2.24) is 9.88 Å². The van der Waals surface area contributed by atoms with Crippen LogP contribution in [0.3, 0.4) is 0 Å². The van der Waals surface area contributed by atoms with E-state index in [9.17, 15) is 21.6 Å². The monoisotopic (exact) mass is 467 g/mol. The van der Waals surface area contributed by atoms with E-state index in [1.54, 1.807) is 12.1 Å². The van der Waals surface area contributed by atoms with Gasteiger partial charge in [0, 0.05) is 29.7 Å². The predicted molar refractivity (Wildman–Crippen MR) is 113 cm³/mol. The van der Waals surface area contributed by atoms with Crippen molar-refractivity contribution in [1.29, 1.82) is 0 Å². The summed E-state index contributed by atoms with van der Waals surface area (Å²) >= 11 is 1.20. The van der Waals surface area contributed by atoms with Crippen molar-refractivity contribution >= 4 is 26.9 Å². The van der Waals surface area contributed by atoms with Crippen molar-refractivity contribution in [2.24, 2.45) is 0 Å². The number of hydrogen-bond acceptors (Lipinski definition) is 6. The SMILES string of the molecule is O=S(=O)(Cc1cscn1)c1c(F)cc(NCc2cccc(F)c2CN2CCC2)cc1F. The molecule has 5 nitrogen and oxygen atoms in total. The third kappa shape index (κ3) is 4.91. The molecule has 10 heteroatoms. The maximum atomic E-state index is 14.6. The van der Waals surface area contributed by atoms with Crippen LogP contribution in [0.2, 0.25) is 0 Å². The van der Waals surface area contributed by atoms with Crippen LogP contribution in [-0.4, -0.2) is 31.4 Å². The summed E-state index contributed by atoms with van der Waals surface area (Å²) in [4.78, 5) is 5.00. The molecule has 1 aliphatic heterocycles. The van der Waals surface area contributed by atoms with Crippen LogP contribution in [0.25, 0.3) is 0 Å². The Kier molecular flexibility index (Phi) is 6.31. The topological polar surface area (TPSA) is 62.3 Å².